The molecule has 3 rings (SSSR count). The summed E-state index contributed by atoms with van der Waals surface area (Å²) in [5.41, 5.74) is 0.806. The van der Waals surface area contributed by atoms with E-state index in [1.165, 1.54) is 24.3 Å². The highest BCUT2D eigenvalue weighted by molar-refractivity contribution is 7.91. The summed E-state index contributed by atoms with van der Waals surface area (Å²) in [6.07, 6.45) is 4.89. The van der Waals surface area contributed by atoms with Gasteiger partial charge in [0.1, 0.15) is 22.1 Å². The summed E-state index contributed by atoms with van der Waals surface area (Å²) < 4.78 is 36.5. The second kappa shape index (κ2) is 11.1. The molecule has 0 heterocycles. The van der Waals surface area contributed by atoms with E-state index in [9.17, 15) is 23.1 Å². The van der Waals surface area contributed by atoms with Crippen molar-refractivity contribution in [2.75, 3.05) is 17.7 Å². The number of halogens is 1. The van der Waals surface area contributed by atoms with Crippen molar-refractivity contribution in [2.45, 2.75) is 50.8 Å². The summed E-state index contributed by atoms with van der Waals surface area (Å²) in [5.74, 6) is -1.77. The lowest BCUT2D eigenvalue weighted by atomic mass is 9.91. The van der Waals surface area contributed by atoms with Crippen molar-refractivity contribution in [3.63, 3.8) is 0 Å². The van der Waals surface area contributed by atoms with Crippen LogP contribution >= 0.6 is 11.6 Å². The highest BCUT2D eigenvalue weighted by atomic mass is 35.5. The van der Waals surface area contributed by atoms with Crippen LogP contribution in [-0.2, 0) is 24.2 Å². The Balaban J connectivity index is 1.80. The van der Waals surface area contributed by atoms with E-state index in [-0.39, 0.29) is 51.1 Å². The number of hydrogen-bond acceptors (Lipinski definition) is 7. The first-order valence-electron chi connectivity index (χ1n) is 11.1. The summed E-state index contributed by atoms with van der Waals surface area (Å²) in [6, 6.07) is 6.97. The van der Waals surface area contributed by atoms with Crippen molar-refractivity contribution in [3.05, 3.63) is 40.9 Å². The average molecular weight is 510 g/mol. The maximum atomic E-state index is 13.0. The van der Waals surface area contributed by atoms with E-state index in [0.717, 1.165) is 32.1 Å². The third-order valence-corrected chi connectivity index (χ3v) is 7.80. The molecule has 0 bridgehead atoms. The van der Waals surface area contributed by atoms with Crippen molar-refractivity contribution < 1.29 is 32.6 Å². The molecule has 1 fully saturated rings. The van der Waals surface area contributed by atoms with Gasteiger partial charge in [-0.25, -0.2) is 13.2 Å². The Morgan fingerprint density at radius 3 is 2.50 bits per heavy atom. The van der Waals surface area contributed by atoms with Crippen molar-refractivity contribution >= 4 is 39.0 Å². The molecule has 1 aliphatic carbocycles. The number of phenolic OH excluding ortho intramolecular Hbond substituents is 1. The van der Waals surface area contributed by atoms with Crippen LogP contribution in [0.4, 0.5) is 5.69 Å². The minimum Gasteiger partial charge on any atom is -0.507 e. The molecule has 34 heavy (non-hydrogen) atoms. The zero-order valence-electron chi connectivity index (χ0n) is 19.1. The zero-order chi connectivity index (χ0) is 24.9. The van der Waals surface area contributed by atoms with Crippen LogP contribution in [-0.4, -0.2) is 37.8 Å². The number of nitrogens with one attached hydrogen (secondary N) is 1. The molecule has 2 N–H and O–H groups in total. The lowest BCUT2D eigenvalue weighted by molar-refractivity contribution is -0.152. The van der Waals surface area contributed by atoms with Crippen molar-refractivity contribution in [1.29, 1.82) is 0 Å². The number of phenols is 1. The fraction of sp³-hybridized carbons (Fsp3) is 0.417. The van der Waals surface area contributed by atoms with E-state index in [1.807, 2.05) is 0 Å². The van der Waals surface area contributed by atoms with Gasteiger partial charge in [0.15, 0.2) is 9.84 Å². The molecular weight excluding hydrogens is 482 g/mol. The molecule has 10 heteroatoms. The molecule has 0 unspecified atom stereocenters. The van der Waals surface area contributed by atoms with Crippen LogP contribution in [0.1, 0.15) is 44.6 Å². The van der Waals surface area contributed by atoms with E-state index in [2.05, 4.69) is 10.1 Å². The molecule has 184 valence electrons. The predicted octanol–water partition coefficient (Wildman–Crippen LogP) is 5.00. The van der Waals surface area contributed by atoms with Crippen LogP contribution in [0.3, 0.4) is 0 Å². The lowest BCUT2D eigenvalue weighted by Gasteiger charge is -2.21. The van der Waals surface area contributed by atoms with Crippen LogP contribution < -0.4 is 10.1 Å². The largest absolute Gasteiger partial charge is 0.507 e. The van der Waals surface area contributed by atoms with Gasteiger partial charge < -0.3 is 19.9 Å². The van der Waals surface area contributed by atoms with E-state index in [1.54, 1.807) is 19.9 Å². The van der Waals surface area contributed by atoms with Crippen molar-refractivity contribution in [3.8, 4) is 17.2 Å². The highest BCUT2D eigenvalue weighted by Gasteiger charge is 2.26. The Kier molecular flexibility index (Phi) is 8.43. The van der Waals surface area contributed by atoms with Gasteiger partial charge in [-0.05, 0) is 62.4 Å². The minimum absolute atomic E-state index is 0.0152. The number of amides is 1. The zero-order valence-corrected chi connectivity index (χ0v) is 20.7. The molecule has 0 aliphatic heterocycles. The SMILES string of the molecule is CCOC(=O)C(=O)Nc1cc(C)c(Oc2ccc(O)c(S(=O)(=O)CC3CCCCC3)c2)c(Cl)c1. The third kappa shape index (κ3) is 6.42. The molecule has 1 amide bonds. The first-order valence-corrected chi connectivity index (χ1v) is 13.2. The van der Waals surface area contributed by atoms with Gasteiger partial charge in [-0.2, -0.15) is 0 Å². The van der Waals surface area contributed by atoms with Crippen LogP contribution in [0.5, 0.6) is 17.2 Å². The van der Waals surface area contributed by atoms with E-state index in [0.29, 0.717) is 5.56 Å². The molecule has 0 atom stereocenters. The van der Waals surface area contributed by atoms with Crippen LogP contribution in [0.2, 0.25) is 5.02 Å². The Morgan fingerprint density at radius 2 is 1.85 bits per heavy atom. The standard InChI is InChI=1S/C24H28ClNO7S/c1-3-32-24(29)23(28)26-17-11-15(2)22(19(25)12-17)33-18-9-10-20(27)21(13-18)34(30,31)14-16-7-5-4-6-8-16/h9-13,16,27H,3-8,14H2,1-2H3,(H,26,28). The molecule has 2 aromatic rings. The fourth-order valence-corrected chi connectivity index (χ4v) is 6.11. The highest BCUT2D eigenvalue weighted by Crippen LogP contribution is 2.38. The Bertz CT molecular complexity index is 1150. The summed E-state index contributed by atoms with van der Waals surface area (Å²) >= 11 is 6.34. The quantitative estimate of drug-likeness (QED) is 0.398. The Labute approximate surface area is 204 Å². The number of sulfone groups is 1. The van der Waals surface area contributed by atoms with E-state index in [4.69, 9.17) is 16.3 Å². The average Bonchev–Trinajstić information content (AvgIpc) is 2.77. The lowest BCUT2D eigenvalue weighted by Crippen LogP contribution is -2.25. The Hall–Kier alpha value is -2.78. The topological polar surface area (TPSA) is 119 Å². The first kappa shape index (κ1) is 25.8. The molecule has 0 saturated heterocycles. The third-order valence-electron chi connectivity index (χ3n) is 5.61. The maximum Gasteiger partial charge on any atom is 0.397 e. The Morgan fingerprint density at radius 1 is 1.15 bits per heavy atom. The smallest absolute Gasteiger partial charge is 0.397 e. The predicted molar refractivity (Wildman–Crippen MR) is 128 cm³/mol. The summed E-state index contributed by atoms with van der Waals surface area (Å²) in [5, 5.41) is 12.8. The van der Waals surface area contributed by atoms with Gasteiger partial charge in [0, 0.05) is 11.8 Å². The second-order valence-corrected chi connectivity index (χ2v) is 10.7. The van der Waals surface area contributed by atoms with Gasteiger partial charge in [0.2, 0.25) is 0 Å². The van der Waals surface area contributed by atoms with Crippen LogP contribution in [0, 0.1) is 12.8 Å². The van der Waals surface area contributed by atoms with Gasteiger partial charge in [-0.1, -0.05) is 30.9 Å². The molecule has 1 saturated carbocycles. The number of ether oxygens (including phenoxy) is 2. The number of anilines is 1. The summed E-state index contributed by atoms with van der Waals surface area (Å²) in [7, 11) is -3.71. The summed E-state index contributed by atoms with van der Waals surface area (Å²) in [4.78, 5) is 23.2. The maximum absolute atomic E-state index is 13.0. The molecule has 0 spiro atoms. The van der Waals surface area contributed by atoms with Crippen molar-refractivity contribution in [2.24, 2.45) is 5.92 Å². The molecule has 1 aliphatic rings. The number of carbonyl (C=O) groups excluding carboxylic acids is 2. The van der Waals surface area contributed by atoms with Gasteiger partial charge in [-0.3, -0.25) is 4.79 Å². The summed E-state index contributed by atoms with van der Waals surface area (Å²) in [6.45, 7) is 3.35. The number of aromatic hydroxyl groups is 1. The van der Waals surface area contributed by atoms with Gasteiger partial charge in [0.05, 0.1) is 17.4 Å². The second-order valence-electron chi connectivity index (χ2n) is 8.30. The number of carbonyl (C=O) groups is 2. The first-order chi connectivity index (χ1) is 16.1. The number of esters is 1. The fourth-order valence-electron chi connectivity index (χ4n) is 3.99. The van der Waals surface area contributed by atoms with Crippen molar-refractivity contribution in [1.82, 2.24) is 0 Å². The number of hydrogen-bond donors (Lipinski definition) is 2. The van der Waals surface area contributed by atoms with Gasteiger partial charge in [-0.15, -0.1) is 0 Å². The van der Waals surface area contributed by atoms with E-state index < -0.39 is 21.7 Å². The van der Waals surface area contributed by atoms with Gasteiger partial charge >= 0.3 is 11.9 Å². The molecular formula is C24H28ClNO7S. The minimum atomic E-state index is -3.71. The van der Waals surface area contributed by atoms with Crippen LogP contribution in [0.25, 0.3) is 0 Å². The van der Waals surface area contributed by atoms with E-state index >= 15 is 0 Å². The number of aryl methyl sites for hydroxylation is 1. The molecule has 2 aromatic carbocycles. The molecule has 0 radical (unpaired) electrons. The number of benzene rings is 2. The molecule has 0 aromatic heterocycles. The monoisotopic (exact) mass is 509 g/mol. The normalized spacial score (nSPS) is 14.4. The number of rotatable bonds is 7. The molecule has 8 nitrogen and oxygen atoms in total. The van der Waals surface area contributed by atoms with Crippen LogP contribution in [0.15, 0.2) is 35.2 Å². The van der Waals surface area contributed by atoms with Gasteiger partial charge in [0.25, 0.3) is 0 Å².